The summed E-state index contributed by atoms with van der Waals surface area (Å²) in [5.74, 6) is 0.0359. The van der Waals surface area contributed by atoms with Crippen molar-refractivity contribution in [2.75, 3.05) is 0 Å². The van der Waals surface area contributed by atoms with Crippen molar-refractivity contribution in [2.45, 2.75) is 72.3 Å². The number of aliphatic hydroxyl groups is 1. The Labute approximate surface area is 156 Å². The van der Waals surface area contributed by atoms with Crippen LogP contribution in [0.3, 0.4) is 0 Å². The molecule has 0 saturated carbocycles. The van der Waals surface area contributed by atoms with Gasteiger partial charge in [0, 0.05) is 11.6 Å². The maximum Gasteiger partial charge on any atom is 0.126 e. The number of halogens is 1. The molecule has 0 bridgehead atoms. The Morgan fingerprint density at radius 2 is 1.58 bits per heavy atom. The van der Waals surface area contributed by atoms with E-state index in [1.807, 2.05) is 0 Å². The van der Waals surface area contributed by atoms with E-state index < -0.39 is 5.82 Å². The molecule has 2 nitrogen and oxygen atoms in total. The van der Waals surface area contributed by atoms with Crippen LogP contribution in [0.2, 0.25) is 0 Å². The van der Waals surface area contributed by atoms with Gasteiger partial charge in [-0.3, -0.25) is 0 Å². The average Bonchev–Trinajstić information content (AvgIpc) is 2.58. The lowest BCUT2D eigenvalue weighted by Crippen LogP contribution is -2.09. The number of rotatable bonds is 7. The molecule has 26 heavy (non-hydrogen) atoms. The highest BCUT2D eigenvalue weighted by atomic mass is 19.1. The molecule has 2 N–H and O–H groups in total. The number of unbranched alkanes of at least 4 members (excludes halogenated alkanes) is 1. The summed E-state index contributed by atoms with van der Waals surface area (Å²) in [5, 5.41) is 20.6. The van der Waals surface area contributed by atoms with Gasteiger partial charge in [0.25, 0.3) is 0 Å². The van der Waals surface area contributed by atoms with Gasteiger partial charge in [0.15, 0.2) is 0 Å². The molecule has 0 atom stereocenters. The molecule has 0 aliphatic carbocycles. The molecule has 0 fully saturated rings. The fraction of sp³-hybridized carbons (Fsp3) is 0.478. The molecule has 0 aliphatic rings. The van der Waals surface area contributed by atoms with Gasteiger partial charge in [-0.25, -0.2) is 4.39 Å². The van der Waals surface area contributed by atoms with Crippen LogP contribution in [0, 0.1) is 5.82 Å². The molecule has 0 amide bonds. The lowest BCUT2D eigenvalue weighted by molar-refractivity contribution is 0.280. The van der Waals surface area contributed by atoms with E-state index in [4.69, 9.17) is 0 Å². The fourth-order valence-electron chi connectivity index (χ4n) is 3.68. The maximum absolute atomic E-state index is 13.6. The number of hydrogen-bond acceptors (Lipinski definition) is 2. The molecule has 142 valence electrons. The molecule has 0 radical (unpaired) electrons. The summed E-state index contributed by atoms with van der Waals surface area (Å²) in [4.78, 5) is 0. The van der Waals surface area contributed by atoms with Crippen LogP contribution in [0.25, 0.3) is 11.1 Å². The van der Waals surface area contributed by atoms with Crippen LogP contribution in [-0.4, -0.2) is 10.2 Å². The smallest absolute Gasteiger partial charge is 0.126 e. The summed E-state index contributed by atoms with van der Waals surface area (Å²) in [6.07, 6.45) is 2.97. The molecule has 0 unspecified atom stereocenters. The Balaban J connectivity index is 2.91. The van der Waals surface area contributed by atoms with Gasteiger partial charge in [0.05, 0.1) is 6.61 Å². The van der Waals surface area contributed by atoms with Gasteiger partial charge in [-0.2, -0.15) is 0 Å². The predicted octanol–water partition coefficient (Wildman–Crippen LogP) is 6.28. The van der Waals surface area contributed by atoms with E-state index in [2.05, 4.69) is 40.7 Å². The second-order valence-corrected chi connectivity index (χ2v) is 7.62. The van der Waals surface area contributed by atoms with Crippen molar-refractivity contribution >= 4 is 0 Å². The number of aromatic hydroxyl groups is 1. The summed E-state index contributed by atoms with van der Waals surface area (Å²) in [6, 6.07) is 6.37. The normalized spacial score (nSPS) is 11.6. The SMILES string of the molecule is CCCCc1c(C(C)C)cc(C(C)C)c(CO)c1-c1ccc(F)cc1O. The van der Waals surface area contributed by atoms with Crippen LogP contribution in [0.1, 0.15) is 81.5 Å². The third-order valence-corrected chi connectivity index (χ3v) is 5.02. The van der Waals surface area contributed by atoms with E-state index >= 15 is 0 Å². The van der Waals surface area contributed by atoms with Gasteiger partial charge in [-0.15, -0.1) is 0 Å². The summed E-state index contributed by atoms with van der Waals surface area (Å²) in [6.45, 7) is 10.6. The largest absolute Gasteiger partial charge is 0.507 e. The zero-order valence-electron chi connectivity index (χ0n) is 16.6. The minimum Gasteiger partial charge on any atom is -0.507 e. The quantitative estimate of drug-likeness (QED) is 0.611. The molecule has 0 saturated heterocycles. The molecular weight excluding hydrogens is 327 g/mol. The van der Waals surface area contributed by atoms with Crippen LogP contribution in [0.5, 0.6) is 5.75 Å². The Kier molecular flexibility index (Phi) is 6.82. The topological polar surface area (TPSA) is 40.5 Å². The van der Waals surface area contributed by atoms with Crippen molar-refractivity contribution in [1.82, 2.24) is 0 Å². The summed E-state index contributed by atoms with van der Waals surface area (Å²) >= 11 is 0. The number of benzene rings is 2. The minimum atomic E-state index is -0.462. The summed E-state index contributed by atoms with van der Waals surface area (Å²) in [5.41, 5.74) is 5.84. The standard InChI is InChI=1S/C23H31FO2/c1-6-7-8-17-19(14(2)3)12-20(15(4)5)21(13-25)23(17)18-10-9-16(24)11-22(18)26/h9-12,14-15,25-26H,6-8,13H2,1-5H3. The summed E-state index contributed by atoms with van der Waals surface area (Å²) < 4.78 is 13.6. The Morgan fingerprint density at radius 3 is 2.08 bits per heavy atom. The van der Waals surface area contributed by atoms with Crippen molar-refractivity contribution in [3.05, 3.63) is 52.3 Å². The second-order valence-electron chi connectivity index (χ2n) is 7.62. The first-order valence-corrected chi connectivity index (χ1v) is 9.60. The van der Waals surface area contributed by atoms with E-state index in [-0.39, 0.29) is 18.3 Å². The van der Waals surface area contributed by atoms with Crippen molar-refractivity contribution in [1.29, 1.82) is 0 Å². The van der Waals surface area contributed by atoms with Crippen LogP contribution in [0.15, 0.2) is 24.3 Å². The van der Waals surface area contributed by atoms with Crippen molar-refractivity contribution in [3.63, 3.8) is 0 Å². The Morgan fingerprint density at radius 1 is 0.962 bits per heavy atom. The molecule has 2 rings (SSSR count). The molecule has 0 heterocycles. The van der Waals surface area contributed by atoms with Gasteiger partial charge in [0.2, 0.25) is 0 Å². The lowest BCUT2D eigenvalue weighted by Gasteiger charge is -2.25. The number of aliphatic hydroxyl groups excluding tert-OH is 1. The zero-order chi connectivity index (χ0) is 19.4. The Hall–Kier alpha value is -1.87. The highest BCUT2D eigenvalue weighted by molar-refractivity contribution is 5.79. The second kappa shape index (κ2) is 8.68. The molecule has 0 aliphatic heterocycles. The number of phenolic OH excluding ortho intramolecular Hbond substituents is 1. The Bertz CT molecular complexity index is 763. The first-order chi connectivity index (χ1) is 12.3. The van der Waals surface area contributed by atoms with E-state index in [1.165, 1.54) is 11.6 Å². The van der Waals surface area contributed by atoms with E-state index in [9.17, 15) is 14.6 Å². The van der Waals surface area contributed by atoms with Gasteiger partial charge in [-0.1, -0.05) is 47.1 Å². The van der Waals surface area contributed by atoms with Crippen LogP contribution in [0.4, 0.5) is 4.39 Å². The van der Waals surface area contributed by atoms with Crippen molar-refractivity contribution < 1.29 is 14.6 Å². The first-order valence-electron chi connectivity index (χ1n) is 9.60. The highest BCUT2D eigenvalue weighted by Crippen LogP contribution is 2.42. The molecular formula is C23H31FO2. The fourth-order valence-corrected chi connectivity index (χ4v) is 3.68. The maximum atomic E-state index is 13.6. The zero-order valence-corrected chi connectivity index (χ0v) is 16.6. The van der Waals surface area contributed by atoms with E-state index in [0.717, 1.165) is 47.6 Å². The number of hydrogen-bond donors (Lipinski definition) is 2. The van der Waals surface area contributed by atoms with Crippen LogP contribution < -0.4 is 0 Å². The lowest BCUT2D eigenvalue weighted by atomic mass is 9.80. The monoisotopic (exact) mass is 358 g/mol. The number of phenols is 1. The first kappa shape index (κ1) is 20.4. The molecule has 2 aromatic carbocycles. The third-order valence-electron chi connectivity index (χ3n) is 5.02. The van der Waals surface area contributed by atoms with Gasteiger partial charge in [-0.05, 0) is 64.6 Å². The third kappa shape index (κ3) is 4.09. The van der Waals surface area contributed by atoms with E-state index in [1.54, 1.807) is 6.07 Å². The van der Waals surface area contributed by atoms with Crippen LogP contribution in [-0.2, 0) is 13.0 Å². The molecule has 2 aromatic rings. The van der Waals surface area contributed by atoms with Gasteiger partial charge in [0.1, 0.15) is 11.6 Å². The van der Waals surface area contributed by atoms with E-state index in [0.29, 0.717) is 11.5 Å². The average molecular weight is 358 g/mol. The molecule has 0 spiro atoms. The molecule has 3 heteroatoms. The van der Waals surface area contributed by atoms with Gasteiger partial charge >= 0.3 is 0 Å². The van der Waals surface area contributed by atoms with Crippen molar-refractivity contribution in [2.24, 2.45) is 0 Å². The molecule has 0 aromatic heterocycles. The van der Waals surface area contributed by atoms with Gasteiger partial charge < -0.3 is 10.2 Å². The van der Waals surface area contributed by atoms with Crippen LogP contribution >= 0.6 is 0 Å². The highest BCUT2D eigenvalue weighted by Gasteiger charge is 2.23. The summed E-state index contributed by atoms with van der Waals surface area (Å²) in [7, 11) is 0. The van der Waals surface area contributed by atoms with Crippen molar-refractivity contribution in [3.8, 4) is 16.9 Å². The minimum absolute atomic E-state index is 0.0759. The predicted molar refractivity (Wildman–Crippen MR) is 106 cm³/mol.